The van der Waals surface area contributed by atoms with Crippen LogP contribution < -0.4 is 4.74 Å². The molecular formula is C21H18IO2S+. The van der Waals surface area contributed by atoms with Crippen LogP contribution in [-0.4, -0.2) is 10.4 Å². The van der Waals surface area contributed by atoms with Crippen LogP contribution in [-0.2, 0) is 15.7 Å². The zero-order chi connectivity index (χ0) is 17.5. The first-order chi connectivity index (χ1) is 12.3. The molecule has 0 aliphatic heterocycles. The van der Waals surface area contributed by atoms with Crippen LogP contribution in [0.15, 0.2) is 99.6 Å². The van der Waals surface area contributed by atoms with Gasteiger partial charge in [0.05, 0.1) is 17.3 Å². The number of alkyl halides is 1. The van der Waals surface area contributed by atoms with Crippen LogP contribution in [0, 0.1) is 0 Å². The Morgan fingerprint density at radius 2 is 1.36 bits per heavy atom. The average Bonchev–Trinajstić information content (AvgIpc) is 2.64. The second kappa shape index (κ2) is 9.06. The fraction of sp³-hybridized carbons (Fsp3) is 0.0952. The highest BCUT2D eigenvalue weighted by molar-refractivity contribution is 14.1. The van der Waals surface area contributed by atoms with Gasteiger partial charge in [-0.1, -0.05) is 65.1 Å². The van der Waals surface area contributed by atoms with Crippen molar-refractivity contribution in [1.82, 2.24) is 0 Å². The Hall–Kier alpha value is -1.79. The van der Waals surface area contributed by atoms with E-state index in [1.54, 1.807) is 0 Å². The number of benzene rings is 3. The summed E-state index contributed by atoms with van der Waals surface area (Å²) in [6.45, 7) is 0. The highest BCUT2D eigenvalue weighted by Crippen LogP contribution is 2.32. The second-order valence-electron chi connectivity index (χ2n) is 5.32. The quantitative estimate of drug-likeness (QED) is 0.159. The summed E-state index contributed by atoms with van der Waals surface area (Å²) in [5.41, 5.74) is 0. The topological polar surface area (TPSA) is 26.3 Å². The van der Waals surface area contributed by atoms with Crippen molar-refractivity contribution in [3.05, 3.63) is 84.9 Å². The van der Waals surface area contributed by atoms with Crippen LogP contribution in [0.1, 0.15) is 6.42 Å². The molecule has 4 heteroatoms. The Morgan fingerprint density at radius 3 is 1.92 bits per heavy atom. The number of esters is 1. The molecule has 0 saturated carbocycles. The van der Waals surface area contributed by atoms with E-state index >= 15 is 0 Å². The predicted octanol–water partition coefficient (Wildman–Crippen LogP) is 5.51. The van der Waals surface area contributed by atoms with Crippen LogP contribution in [0.2, 0.25) is 0 Å². The Kier molecular flexibility index (Phi) is 6.53. The maximum Gasteiger partial charge on any atom is 0.311 e. The number of halogens is 1. The molecule has 0 atom stereocenters. The molecular weight excluding hydrogens is 443 g/mol. The van der Waals surface area contributed by atoms with E-state index in [2.05, 4.69) is 77.2 Å². The fourth-order valence-electron chi connectivity index (χ4n) is 2.45. The number of carbonyl (C=O) groups excluding carboxylic acids is 1. The molecule has 126 valence electrons. The summed E-state index contributed by atoms with van der Waals surface area (Å²) in [7, 11) is -0.236. The summed E-state index contributed by atoms with van der Waals surface area (Å²) in [6.07, 6.45) is 0.424. The molecule has 0 unspecified atom stereocenters. The number of carbonyl (C=O) groups is 1. The van der Waals surface area contributed by atoms with E-state index in [1.165, 1.54) is 9.79 Å². The molecule has 0 spiro atoms. The van der Waals surface area contributed by atoms with E-state index in [-0.39, 0.29) is 16.9 Å². The summed E-state index contributed by atoms with van der Waals surface area (Å²) < 4.78 is 6.24. The molecule has 0 aliphatic carbocycles. The van der Waals surface area contributed by atoms with Crippen molar-refractivity contribution in [1.29, 1.82) is 0 Å². The van der Waals surface area contributed by atoms with Crippen molar-refractivity contribution in [2.45, 2.75) is 21.1 Å². The van der Waals surface area contributed by atoms with E-state index in [9.17, 15) is 4.79 Å². The molecule has 0 saturated heterocycles. The van der Waals surface area contributed by atoms with Crippen LogP contribution >= 0.6 is 22.6 Å². The minimum absolute atomic E-state index is 0.189. The molecule has 3 aromatic rings. The molecule has 0 bridgehead atoms. The summed E-state index contributed by atoms with van der Waals surface area (Å²) in [5.74, 6) is 0.419. The first kappa shape index (κ1) is 18.0. The van der Waals surface area contributed by atoms with E-state index in [1.807, 2.05) is 30.3 Å². The largest absolute Gasteiger partial charge is 0.426 e. The highest BCUT2D eigenvalue weighted by atomic mass is 127. The normalized spacial score (nSPS) is 10.6. The van der Waals surface area contributed by atoms with Gasteiger partial charge in [-0.25, -0.2) is 0 Å². The van der Waals surface area contributed by atoms with E-state index in [0.717, 1.165) is 9.32 Å². The molecule has 3 aromatic carbocycles. The lowest BCUT2D eigenvalue weighted by Gasteiger charge is -2.09. The van der Waals surface area contributed by atoms with Gasteiger partial charge in [0.25, 0.3) is 0 Å². The zero-order valence-electron chi connectivity index (χ0n) is 13.6. The van der Waals surface area contributed by atoms with Gasteiger partial charge in [-0.3, -0.25) is 4.79 Å². The predicted molar refractivity (Wildman–Crippen MR) is 111 cm³/mol. The molecule has 3 rings (SSSR count). The number of hydrogen-bond donors (Lipinski definition) is 0. The van der Waals surface area contributed by atoms with Gasteiger partial charge in [-0.2, -0.15) is 0 Å². The lowest BCUT2D eigenvalue weighted by atomic mass is 10.3. The smallest absolute Gasteiger partial charge is 0.311 e. The third-order valence-corrected chi connectivity index (χ3v) is 6.28. The first-order valence-corrected chi connectivity index (χ1v) is 10.7. The lowest BCUT2D eigenvalue weighted by molar-refractivity contribution is -0.133. The lowest BCUT2D eigenvalue weighted by Crippen LogP contribution is -2.09. The monoisotopic (exact) mass is 461 g/mol. The highest BCUT2D eigenvalue weighted by Gasteiger charge is 2.28. The standard InChI is InChI=1S/C21H18IO2S/c22-15-14-21(23)24-17-8-7-13-20(16-17)25(18-9-3-1-4-10-18)19-11-5-2-6-12-19/h1-13,16H,14-15H2/q+1. The Labute approximate surface area is 164 Å². The summed E-state index contributed by atoms with van der Waals surface area (Å²) >= 11 is 2.18. The van der Waals surface area contributed by atoms with Crippen LogP contribution in [0.25, 0.3) is 0 Å². The second-order valence-corrected chi connectivity index (χ2v) is 8.43. The minimum atomic E-state index is -0.236. The Balaban J connectivity index is 1.98. The average molecular weight is 461 g/mol. The Bertz CT molecular complexity index is 782. The van der Waals surface area contributed by atoms with Crippen molar-refractivity contribution in [2.75, 3.05) is 4.43 Å². The van der Waals surface area contributed by atoms with Gasteiger partial charge in [0, 0.05) is 10.5 Å². The summed E-state index contributed by atoms with van der Waals surface area (Å²) in [4.78, 5) is 15.4. The number of rotatable bonds is 6. The minimum Gasteiger partial charge on any atom is -0.426 e. The van der Waals surface area contributed by atoms with Crippen molar-refractivity contribution < 1.29 is 9.53 Å². The molecule has 0 fully saturated rings. The molecule has 2 nitrogen and oxygen atoms in total. The summed E-state index contributed by atoms with van der Waals surface area (Å²) in [5, 5.41) is 0. The van der Waals surface area contributed by atoms with Crippen molar-refractivity contribution in [2.24, 2.45) is 0 Å². The van der Waals surface area contributed by atoms with Crippen LogP contribution in [0.5, 0.6) is 5.75 Å². The van der Waals surface area contributed by atoms with Crippen LogP contribution in [0.4, 0.5) is 0 Å². The molecule has 0 heterocycles. The summed E-state index contributed by atoms with van der Waals surface area (Å²) in [6, 6.07) is 28.7. The van der Waals surface area contributed by atoms with Crippen LogP contribution in [0.3, 0.4) is 0 Å². The molecule has 0 aliphatic rings. The zero-order valence-corrected chi connectivity index (χ0v) is 16.6. The first-order valence-electron chi connectivity index (χ1n) is 7.99. The maximum absolute atomic E-state index is 11.8. The number of hydrogen-bond acceptors (Lipinski definition) is 2. The van der Waals surface area contributed by atoms with E-state index in [4.69, 9.17) is 4.74 Å². The van der Waals surface area contributed by atoms with Crippen molar-refractivity contribution in [3.63, 3.8) is 0 Å². The fourth-order valence-corrected chi connectivity index (χ4v) is 5.01. The number of ether oxygens (including phenoxy) is 1. The van der Waals surface area contributed by atoms with Gasteiger partial charge in [-0.05, 0) is 36.4 Å². The van der Waals surface area contributed by atoms with Gasteiger partial charge in [0.15, 0.2) is 14.7 Å². The van der Waals surface area contributed by atoms with Gasteiger partial charge in [0.2, 0.25) is 0 Å². The maximum atomic E-state index is 11.8. The van der Waals surface area contributed by atoms with Crippen molar-refractivity contribution >= 4 is 39.5 Å². The molecule has 0 radical (unpaired) electrons. The molecule has 25 heavy (non-hydrogen) atoms. The third kappa shape index (κ3) is 4.86. The Morgan fingerprint density at radius 1 is 0.800 bits per heavy atom. The van der Waals surface area contributed by atoms with E-state index in [0.29, 0.717) is 12.2 Å². The van der Waals surface area contributed by atoms with Gasteiger partial charge < -0.3 is 4.74 Å². The third-order valence-electron chi connectivity index (χ3n) is 3.53. The van der Waals surface area contributed by atoms with E-state index < -0.39 is 0 Å². The SMILES string of the molecule is O=C(CCI)Oc1cccc([S+](c2ccccc2)c2ccccc2)c1. The molecule has 0 N–H and O–H groups in total. The van der Waals surface area contributed by atoms with Gasteiger partial charge in [0.1, 0.15) is 5.75 Å². The van der Waals surface area contributed by atoms with Gasteiger partial charge in [-0.15, -0.1) is 0 Å². The molecule has 0 aromatic heterocycles. The van der Waals surface area contributed by atoms with Gasteiger partial charge >= 0.3 is 5.97 Å². The van der Waals surface area contributed by atoms with Crippen molar-refractivity contribution in [3.8, 4) is 5.75 Å². The molecule has 0 amide bonds.